The van der Waals surface area contributed by atoms with Crippen LogP contribution in [0.5, 0.6) is 0 Å². The van der Waals surface area contributed by atoms with Crippen LogP contribution in [0.3, 0.4) is 0 Å². The fourth-order valence-electron chi connectivity index (χ4n) is 4.36. The third-order valence-corrected chi connectivity index (χ3v) is 5.94. The Morgan fingerprint density at radius 1 is 1.32 bits per heavy atom. The smallest absolute Gasteiger partial charge is 0.248 e. The molecule has 1 saturated carbocycles. The Balaban J connectivity index is 1.50. The lowest BCUT2D eigenvalue weighted by Crippen LogP contribution is -2.54. The van der Waals surface area contributed by atoms with Gasteiger partial charge in [0.25, 0.3) is 0 Å². The lowest BCUT2D eigenvalue weighted by molar-refractivity contribution is -0.138. The summed E-state index contributed by atoms with van der Waals surface area (Å²) in [6, 6.07) is 3.44. The Hall–Kier alpha value is -2.11. The van der Waals surface area contributed by atoms with Crippen molar-refractivity contribution in [2.24, 2.45) is 17.1 Å². The molecular weight excluding hydrogens is 316 g/mol. The molecule has 6 heteroatoms. The number of aromatic nitrogens is 1. The number of pyridine rings is 1. The van der Waals surface area contributed by atoms with Crippen molar-refractivity contribution < 1.29 is 9.59 Å². The summed E-state index contributed by atoms with van der Waals surface area (Å²) in [5.41, 5.74) is 6.06. The van der Waals surface area contributed by atoms with E-state index in [1.165, 1.54) is 12.8 Å². The molecule has 1 aromatic heterocycles. The number of hydrogen-bond donors (Lipinski definition) is 1. The summed E-state index contributed by atoms with van der Waals surface area (Å²) in [6.45, 7) is 3.65. The maximum absolute atomic E-state index is 12.3. The molecule has 3 heterocycles. The monoisotopic (exact) mass is 342 g/mol. The molecule has 4 rings (SSSR count). The van der Waals surface area contributed by atoms with E-state index in [1.807, 2.05) is 0 Å². The average Bonchev–Trinajstić information content (AvgIpc) is 3.43. The Labute approximate surface area is 148 Å². The highest BCUT2D eigenvalue weighted by molar-refractivity contribution is 5.93. The molecule has 0 radical (unpaired) electrons. The van der Waals surface area contributed by atoms with Gasteiger partial charge in [0, 0.05) is 49.8 Å². The van der Waals surface area contributed by atoms with Crippen LogP contribution in [-0.2, 0) is 4.79 Å². The molecule has 2 aliphatic heterocycles. The standard InChI is InChI=1S/C19H26N4O2/c20-18(25)15-5-8-21-16(10-15)22-9-1-6-19(12-22)7-4-17(24)23(13-19)11-14-2-3-14/h5,8,10,14H,1-4,6-7,9,11-13H2,(H2,20,25)/t19-/m0/s1. The molecule has 3 aliphatic rings. The van der Waals surface area contributed by atoms with E-state index in [1.54, 1.807) is 18.3 Å². The van der Waals surface area contributed by atoms with Gasteiger partial charge in [-0.25, -0.2) is 4.98 Å². The predicted molar refractivity (Wildman–Crippen MR) is 95.2 cm³/mol. The highest BCUT2D eigenvalue weighted by Gasteiger charge is 2.43. The zero-order chi connectivity index (χ0) is 17.4. The Bertz CT molecular complexity index is 688. The van der Waals surface area contributed by atoms with Crippen molar-refractivity contribution in [3.63, 3.8) is 0 Å². The Morgan fingerprint density at radius 2 is 2.16 bits per heavy atom. The average molecular weight is 342 g/mol. The van der Waals surface area contributed by atoms with Crippen LogP contribution in [0.4, 0.5) is 5.82 Å². The lowest BCUT2D eigenvalue weighted by atomic mass is 9.73. The van der Waals surface area contributed by atoms with Gasteiger partial charge in [-0.1, -0.05) is 0 Å². The predicted octanol–water partition coefficient (Wildman–Crippen LogP) is 1.80. The van der Waals surface area contributed by atoms with Crippen LogP contribution in [0.2, 0.25) is 0 Å². The van der Waals surface area contributed by atoms with Crippen molar-refractivity contribution in [2.45, 2.75) is 38.5 Å². The molecule has 3 fully saturated rings. The van der Waals surface area contributed by atoms with Gasteiger partial charge in [0.15, 0.2) is 0 Å². The van der Waals surface area contributed by atoms with E-state index in [0.29, 0.717) is 17.9 Å². The normalized spacial score (nSPS) is 27.0. The van der Waals surface area contributed by atoms with E-state index in [4.69, 9.17) is 5.73 Å². The van der Waals surface area contributed by atoms with Crippen molar-refractivity contribution in [2.75, 3.05) is 31.1 Å². The zero-order valence-corrected chi connectivity index (χ0v) is 14.6. The maximum Gasteiger partial charge on any atom is 0.248 e. The SMILES string of the molecule is NC(=O)c1ccnc(N2CCC[C@]3(CCC(=O)N(CC4CC4)C3)C2)c1. The number of carbonyl (C=O) groups is 2. The molecule has 1 atom stereocenters. The number of likely N-dealkylation sites (tertiary alicyclic amines) is 1. The number of primary amides is 1. The molecule has 0 bridgehead atoms. The van der Waals surface area contributed by atoms with Gasteiger partial charge in [0.1, 0.15) is 5.82 Å². The van der Waals surface area contributed by atoms with Crippen LogP contribution >= 0.6 is 0 Å². The van der Waals surface area contributed by atoms with Gasteiger partial charge in [0.2, 0.25) is 11.8 Å². The summed E-state index contributed by atoms with van der Waals surface area (Å²) in [4.78, 5) is 32.6. The van der Waals surface area contributed by atoms with E-state index in [-0.39, 0.29) is 5.41 Å². The first-order chi connectivity index (χ1) is 12.0. The second-order valence-electron chi connectivity index (χ2n) is 8.01. The molecule has 0 aromatic carbocycles. The number of piperidine rings is 2. The summed E-state index contributed by atoms with van der Waals surface area (Å²) in [5, 5.41) is 0. The largest absolute Gasteiger partial charge is 0.366 e. The van der Waals surface area contributed by atoms with Gasteiger partial charge in [-0.15, -0.1) is 0 Å². The summed E-state index contributed by atoms with van der Waals surface area (Å²) >= 11 is 0. The molecule has 134 valence electrons. The minimum absolute atomic E-state index is 0.158. The van der Waals surface area contributed by atoms with E-state index in [2.05, 4.69) is 14.8 Å². The molecule has 0 unspecified atom stereocenters. The zero-order valence-electron chi connectivity index (χ0n) is 14.6. The summed E-state index contributed by atoms with van der Waals surface area (Å²) in [5.74, 6) is 1.45. The van der Waals surface area contributed by atoms with Crippen molar-refractivity contribution in [3.8, 4) is 0 Å². The van der Waals surface area contributed by atoms with Crippen LogP contribution in [0, 0.1) is 11.3 Å². The van der Waals surface area contributed by atoms with E-state index >= 15 is 0 Å². The summed E-state index contributed by atoms with van der Waals surface area (Å²) in [7, 11) is 0. The van der Waals surface area contributed by atoms with Crippen LogP contribution in [0.15, 0.2) is 18.3 Å². The number of rotatable bonds is 4. The molecule has 1 aliphatic carbocycles. The van der Waals surface area contributed by atoms with Crippen LogP contribution in [0.25, 0.3) is 0 Å². The summed E-state index contributed by atoms with van der Waals surface area (Å²) < 4.78 is 0. The number of anilines is 1. The molecule has 2 amide bonds. The number of nitrogens with zero attached hydrogens (tertiary/aromatic N) is 3. The molecule has 6 nitrogen and oxygen atoms in total. The Kier molecular flexibility index (Phi) is 4.13. The lowest BCUT2D eigenvalue weighted by Gasteiger charge is -2.48. The fourth-order valence-corrected chi connectivity index (χ4v) is 4.36. The van der Waals surface area contributed by atoms with Crippen molar-refractivity contribution in [1.82, 2.24) is 9.88 Å². The van der Waals surface area contributed by atoms with Gasteiger partial charge in [-0.3, -0.25) is 9.59 Å². The van der Waals surface area contributed by atoms with Crippen LogP contribution < -0.4 is 10.6 Å². The number of nitrogens with two attached hydrogens (primary N) is 1. The molecule has 2 saturated heterocycles. The third kappa shape index (κ3) is 3.48. The second-order valence-corrected chi connectivity index (χ2v) is 8.01. The highest BCUT2D eigenvalue weighted by atomic mass is 16.2. The minimum Gasteiger partial charge on any atom is -0.366 e. The number of hydrogen-bond acceptors (Lipinski definition) is 4. The van der Waals surface area contributed by atoms with E-state index in [0.717, 1.165) is 57.2 Å². The molecule has 1 spiro atoms. The Morgan fingerprint density at radius 3 is 2.92 bits per heavy atom. The maximum atomic E-state index is 12.3. The van der Waals surface area contributed by atoms with Gasteiger partial charge >= 0.3 is 0 Å². The topological polar surface area (TPSA) is 79.5 Å². The van der Waals surface area contributed by atoms with E-state index < -0.39 is 5.91 Å². The van der Waals surface area contributed by atoms with E-state index in [9.17, 15) is 9.59 Å². The number of amides is 2. The van der Waals surface area contributed by atoms with Crippen molar-refractivity contribution in [3.05, 3.63) is 23.9 Å². The second kappa shape index (κ2) is 6.32. The minimum atomic E-state index is -0.422. The number of carbonyl (C=O) groups excluding carboxylic acids is 2. The van der Waals surface area contributed by atoms with Crippen LogP contribution in [-0.4, -0.2) is 47.9 Å². The third-order valence-electron chi connectivity index (χ3n) is 5.94. The van der Waals surface area contributed by atoms with Gasteiger partial charge in [0.05, 0.1) is 0 Å². The first-order valence-electron chi connectivity index (χ1n) is 9.33. The quantitative estimate of drug-likeness (QED) is 0.905. The molecule has 1 aromatic rings. The van der Waals surface area contributed by atoms with Gasteiger partial charge < -0.3 is 15.5 Å². The van der Waals surface area contributed by atoms with Crippen molar-refractivity contribution in [1.29, 1.82) is 0 Å². The molecule has 25 heavy (non-hydrogen) atoms. The fraction of sp³-hybridized carbons (Fsp3) is 0.632. The summed E-state index contributed by atoms with van der Waals surface area (Å²) in [6.07, 6.45) is 8.07. The van der Waals surface area contributed by atoms with Gasteiger partial charge in [-0.05, 0) is 50.2 Å². The first-order valence-corrected chi connectivity index (χ1v) is 9.33. The molecule has 2 N–H and O–H groups in total. The highest BCUT2D eigenvalue weighted by Crippen LogP contribution is 2.41. The van der Waals surface area contributed by atoms with Gasteiger partial charge in [-0.2, -0.15) is 0 Å². The first kappa shape index (κ1) is 16.4. The molecular formula is C19H26N4O2. The van der Waals surface area contributed by atoms with Crippen molar-refractivity contribution >= 4 is 17.6 Å². The van der Waals surface area contributed by atoms with Crippen LogP contribution in [0.1, 0.15) is 48.9 Å².